The maximum Gasteiger partial charge on any atom is 0.0369 e. The van der Waals surface area contributed by atoms with Gasteiger partial charge in [0.25, 0.3) is 0 Å². The smallest absolute Gasteiger partial charge is 0.0369 e. The predicted molar refractivity (Wildman–Crippen MR) is 67.4 cm³/mol. The van der Waals surface area contributed by atoms with Crippen molar-refractivity contribution in [2.75, 3.05) is 18.0 Å². The van der Waals surface area contributed by atoms with Crippen LogP contribution < -0.4 is 10.6 Å². The maximum absolute atomic E-state index is 5.68. The second kappa shape index (κ2) is 3.77. The third-order valence-electron chi connectivity index (χ3n) is 4.23. The van der Waals surface area contributed by atoms with Crippen molar-refractivity contribution >= 4 is 5.69 Å². The van der Waals surface area contributed by atoms with Crippen molar-refractivity contribution in [2.24, 2.45) is 11.1 Å². The Hall–Kier alpha value is -1.02. The van der Waals surface area contributed by atoms with Crippen LogP contribution in [-0.2, 0) is 6.54 Å². The Morgan fingerprint density at radius 2 is 1.94 bits per heavy atom. The molecule has 16 heavy (non-hydrogen) atoms. The Labute approximate surface area is 97.4 Å². The molecule has 2 aliphatic rings. The van der Waals surface area contributed by atoms with E-state index in [-0.39, 0.29) is 0 Å². The van der Waals surface area contributed by atoms with E-state index in [1.165, 1.54) is 50.0 Å². The van der Waals surface area contributed by atoms with Crippen molar-refractivity contribution in [2.45, 2.75) is 32.2 Å². The number of benzene rings is 1. The zero-order chi connectivity index (χ0) is 11.0. The number of anilines is 1. The Bertz CT molecular complexity index is 372. The minimum Gasteiger partial charge on any atom is -0.370 e. The molecule has 1 aliphatic carbocycles. The first-order chi connectivity index (χ1) is 7.81. The van der Waals surface area contributed by atoms with Crippen LogP contribution in [0.5, 0.6) is 0 Å². The number of nitrogens with two attached hydrogens (primary N) is 1. The minimum atomic E-state index is 0.646. The summed E-state index contributed by atoms with van der Waals surface area (Å²) in [7, 11) is 0. The molecule has 1 spiro atoms. The molecule has 0 bridgehead atoms. The molecule has 1 heterocycles. The summed E-state index contributed by atoms with van der Waals surface area (Å²) in [5, 5.41) is 0. The zero-order valence-electron chi connectivity index (χ0n) is 9.78. The highest BCUT2D eigenvalue weighted by molar-refractivity contribution is 5.51. The van der Waals surface area contributed by atoms with Gasteiger partial charge in [-0.15, -0.1) is 0 Å². The van der Waals surface area contributed by atoms with Crippen molar-refractivity contribution in [1.82, 2.24) is 0 Å². The third-order valence-corrected chi connectivity index (χ3v) is 4.23. The highest BCUT2D eigenvalue weighted by atomic mass is 15.2. The van der Waals surface area contributed by atoms with Crippen molar-refractivity contribution in [1.29, 1.82) is 0 Å². The van der Waals surface area contributed by atoms with Gasteiger partial charge in [-0.25, -0.2) is 0 Å². The van der Waals surface area contributed by atoms with Crippen LogP contribution in [-0.4, -0.2) is 13.1 Å². The van der Waals surface area contributed by atoms with E-state index in [4.69, 9.17) is 5.73 Å². The largest absolute Gasteiger partial charge is 0.370 e. The van der Waals surface area contributed by atoms with Crippen molar-refractivity contribution in [3.63, 3.8) is 0 Å². The van der Waals surface area contributed by atoms with Gasteiger partial charge in [0.1, 0.15) is 0 Å². The van der Waals surface area contributed by atoms with E-state index in [2.05, 4.69) is 29.2 Å². The van der Waals surface area contributed by atoms with Crippen LogP contribution in [0.1, 0.15) is 31.2 Å². The number of rotatable bonds is 2. The molecule has 2 heteroatoms. The Balaban J connectivity index is 1.71. The van der Waals surface area contributed by atoms with Gasteiger partial charge >= 0.3 is 0 Å². The predicted octanol–water partition coefficient (Wildman–Crippen LogP) is 2.53. The van der Waals surface area contributed by atoms with Gasteiger partial charge < -0.3 is 10.6 Å². The minimum absolute atomic E-state index is 0.646. The van der Waals surface area contributed by atoms with Crippen LogP contribution in [0.3, 0.4) is 0 Å². The average Bonchev–Trinajstić information content (AvgIpc) is 2.76. The van der Waals surface area contributed by atoms with Gasteiger partial charge in [-0.1, -0.05) is 25.0 Å². The quantitative estimate of drug-likeness (QED) is 0.823. The fraction of sp³-hybridized carbons (Fsp3) is 0.571. The molecule has 1 saturated carbocycles. The summed E-state index contributed by atoms with van der Waals surface area (Å²) in [5.74, 6) is 0. The zero-order valence-corrected chi connectivity index (χ0v) is 9.78. The lowest BCUT2D eigenvalue weighted by molar-refractivity contribution is 0.222. The van der Waals surface area contributed by atoms with Gasteiger partial charge in [0.2, 0.25) is 0 Å². The molecular weight excluding hydrogens is 196 g/mol. The van der Waals surface area contributed by atoms with Crippen molar-refractivity contribution in [3.05, 3.63) is 29.8 Å². The summed E-state index contributed by atoms with van der Waals surface area (Å²) in [4.78, 5) is 2.50. The molecule has 0 unspecified atom stereocenters. The summed E-state index contributed by atoms with van der Waals surface area (Å²) < 4.78 is 0. The number of hydrogen-bond acceptors (Lipinski definition) is 2. The fourth-order valence-electron chi connectivity index (χ4n) is 3.27. The van der Waals surface area contributed by atoms with Crippen molar-refractivity contribution in [3.8, 4) is 0 Å². The molecule has 2 N–H and O–H groups in total. The van der Waals surface area contributed by atoms with Crippen LogP contribution in [0.4, 0.5) is 5.69 Å². The molecule has 1 aliphatic heterocycles. The fourth-order valence-corrected chi connectivity index (χ4v) is 3.27. The first kappa shape index (κ1) is 10.2. The van der Waals surface area contributed by atoms with Gasteiger partial charge in [-0.3, -0.25) is 0 Å². The van der Waals surface area contributed by atoms with Gasteiger partial charge in [-0.2, -0.15) is 0 Å². The van der Waals surface area contributed by atoms with Crippen LogP contribution in [0.25, 0.3) is 0 Å². The Kier molecular flexibility index (Phi) is 2.40. The summed E-state index contributed by atoms with van der Waals surface area (Å²) in [6.07, 6.45) is 5.77. The summed E-state index contributed by atoms with van der Waals surface area (Å²) in [6, 6.07) is 8.68. The van der Waals surface area contributed by atoms with E-state index in [1.54, 1.807) is 0 Å². The molecule has 1 aromatic rings. The molecule has 1 aromatic carbocycles. The highest BCUT2D eigenvalue weighted by Crippen LogP contribution is 2.46. The Morgan fingerprint density at radius 1 is 1.19 bits per heavy atom. The molecule has 3 rings (SSSR count). The van der Waals surface area contributed by atoms with Crippen LogP contribution in [0, 0.1) is 5.41 Å². The van der Waals surface area contributed by atoms with Gasteiger partial charge in [-0.05, 0) is 30.5 Å². The summed E-state index contributed by atoms with van der Waals surface area (Å²) in [5.41, 5.74) is 8.96. The molecule has 0 radical (unpaired) electrons. The highest BCUT2D eigenvalue weighted by Gasteiger charge is 2.44. The maximum atomic E-state index is 5.68. The standard InChI is InChI=1S/C14H20N2/c15-9-12-4-3-5-13(8-12)16-10-14(11-16)6-1-2-7-14/h3-5,8H,1-2,6-7,9-11,15H2. The molecule has 2 nitrogen and oxygen atoms in total. The van der Waals surface area contributed by atoms with E-state index in [1.807, 2.05) is 0 Å². The normalized spacial score (nSPS) is 22.4. The number of nitrogens with zero attached hydrogens (tertiary/aromatic N) is 1. The van der Waals surface area contributed by atoms with Crippen LogP contribution >= 0.6 is 0 Å². The molecule has 0 amide bonds. The SMILES string of the molecule is NCc1cccc(N2CC3(CCCC3)C2)c1. The monoisotopic (exact) mass is 216 g/mol. The first-order valence-electron chi connectivity index (χ1n) is 6.35. The summed E-state index contributed by atoms with van der Waals surface area (Å²) >= 11 is 0. The van der Waals surface area contributed by atoms with Gasteiger partial charge in [0.05, 0.1) is 0 Å². The summed E-state index contributed by atoms with van der Waals surface area (Å²) in [6.45, 7) is 3.18. The third kappa shape index (κ3) is 1.61. The van der Waals surface area contributed by atoms with E-state index in [0.717, 1.165) is 0 Å². The molecule has 86 valence electrons. The van der Waals surface area contributed by atoms with Crippen LogP contribution in [0.2, 0.25) is 0 Å². The van der Waals surface area contributed by atoms with E-state index < -0.39 is 0 Å². The molecular formula is C14H20N2. The van der Waals surface area contributed by atoms with Gasteiger partial charge in [0.15, 0.2) is 0 Å². The van der Waals surface area contributed by atoms with Gasteiger partial charge in [0, 0.05) is 30.7 Å². The molecule has 2 fully saturated rings. The molecule has 0 atom stereocenters. The lowest BCUT2D eigenvalue weighted by atomic mass is 9.78. The second-order valence-electron chi connectivity index (χ2n) is 5.44. The molecule has 1 saturated heterocycles. The molecule has 0 aromatic heterocycles. The van der Waals surface area contributed by atoms with Crippen LogP contribution in [0.15, 0.2) is 24.3 Å². The Morgan fingerprint density at radius 3 is 2.62 bits per heavy atom. The van der Waals surface area contributed by atoms with Crippen molar-refractivity contribution < 1.29 is 0 Å². The average molecular weight is 216 g/mol. The van der Waals surface area contributed by atoms with E-state index >= 15 is 0 Å². The number of hydrogen-bond donors (Lipinski definition) is 1. The van der Waals surface area contributed by atoms with E-state index in [0.29, 0.717) is 12.0 Å². The van der Waals surface area contributed by atoms with E-state index in [9.17, 15) is 0 Å². The lowest BCUT2D eigenvalue weighted by Gasteiger charge is -2.50. The topological polar surface area (TPSA) is 29.3 Å². The second-order valence-corrected chi connectivity index (χ2v) is 5.44. The first-order valence-corrected chi connectivity index (χ1v) is 6.35. The lowest BCUT2D eigenvalue weighted by Crippen LogP contribution is -2.55.